The number of pyridine rings is 1. The Morgan fingerprint density at radius 3 is 1.85 bits per heavy atom. The topological polar surface area (TPSA) is 81.9 Å². The summed E-state index contributed by atoms with van der Waals surface area (Å²) in [6.45, 7) is 26.7. The van der Waals surface area contributed by atoms with Crippen molar-refractivity contribution >= 4 is 44.1 Å². The zero-order valence-corrected chi connectivity index (χ0v) is 46.1. The van der Waals surface area contributed by atoms with E-state index in [9.17, 15) is 5.11 Å². The molecule has 0 unspecified atom stereocenters. The number of hydrogen-bond donors (Lipinski definition) is 1. The molecular weight excluding hydrogens is 1080 g/mol. The molecule has 0 aliphatic rings. The number of rotatable bonds is 6. The van der Waals surface area contributed by atoms with Gasteiger partial charge in [-0.15, -0.1) is 29.3 Å². The van der Waals surface area contributed by atoms with Gasteiger partial charge in [0.25, 0.3) is 0 Å². The predicted octanol–water partition coefficient (Wildman–Crippen LogP) is 17.0. The molecule has 370 valence electrons. The summed E-state index contributed by atoms with van der Waals surface area (Å²) in [7, 11) is 0. The Morgan fingerprint density at radius 1 is 0.521 bits per heavy atom. The predicted molar refractivity (Wildman–Crippen MR) is 298 cm³/mol. The molecule has 8 heteroatoms. The number of fused-ring (bicyclic) bond motifs is 5. The van der Waals surface area contributed by atoms with Gasteiger partial charge in [0, 0.05) is 54.7 Å². The van der Waals surface area contributed by atoms with Crippen LogP contribution < -0.4 is 0 Å². The van der Waals surface area contributed by atoms with Crippen molar-refractivity contribution in [2.75, 3.05) is 0 Å². The minimum absolute atomic E-state index is 0. The van der Waals surface area contributed by atoms with E-state index in [-0.39, 0.29) is 48.5 Å². The van der Waals surface area contributed by atoms with Crippen molar-refractivity contribution in [1.82, 2.24) is 24.1 Å². The van der Waals surface area contributed by atoms with Crippen molar-refractivity contribution in [3.8, 4) is 62.2 Å². The SMILES string of the molecule is CC(C)(C)c1cc(-c2cccc3c2nc(-c2cc(C(C)(C)C)cc(C(C)(C)C)c2O)n3-c2ccc(C(C)(C)C)cc2-c2ccccc2)[c-]c(-n2c3cc4nc(-c5ccccc5)oc4cc3c3cccnc32)c1.[Pt]. The Labute approximate surface area is 443 Å². The number of imidazole rings is 1. The van der Waals surface area contributed by atoms with Gasteiger partial charge >= 0.3 is 0 Å². The van der Waals surface area contributed by atoms with Crippen molar-refractivity contribution in [1.29, 1.82) is 0 Å². The molecule has 11 rings (SSSR count). The number of benzene rings is 7. The Balaban J connectivity index is 0.00000611. The summed E-state index contributed by atoms with van der Waals surface area (Å²) in [6.07, 6.45) is 1.85. The van der Waals surface area contributed by atoms with E-state index < -0.39 is 0 Å². The molecule has 0 aliphatic heterocycles. The number of nitrogens with zero attached hydrogens (tertiary/aromatic N) is 5. The van der Waals surface area contributed by atoms with Crippen LogP contribution in [0.25, 0.3) is 101 Å². The summed E-state index contributed by atoms with van der Waals surface area (Å²) in [6, 6.07) is 55.0. The third-order valence-electron chi connectivity index (χ3n) is 14.2. The van der Waals surface area contributed by atoms with Crippen LogP contribution in [0.2, 0.25) is 0 Å². The molecule has 7 aromatic carbocycles. The number of phenolic OH excluding ortho intramolecular Hbond substituents is 1. The summed E-state index contributed by atoms with van der Waals surface area (Å²) in [5.41, 5.74) is 15.9. The molecule has 1 N–H and O–H groups in total. The average Bonchev–Trinajstić information content (AvgIpc) is 4.04. The number of hydrogen-bond acceptors (Lipinski definition) is 5. The molecule has 11 aromatic rings. The maximum absolute atomic E-state index is 12.7. The molecule has 0 amide bonds. The van der Waals surface area contributed by atoms with Crippen LogP contribution in [0.15, 0.2) is 156 Å². The van der Waals surface area contributed by atoms with Gasteiger partial charge in [-0.2, -0.15) is 0 Å². The van der Waals surface area contributed by atoms with Gasteiger partial charge in [-0.05, 0) is 105 Å². The maximum Gasteiger partial charge on any atom is 0.227 e. The number of para-hydroxylation sites is 1. The average molecular weight is 1140 g/mol. The largest absolute Gasteiger partial charge is 0.507 e. The number of oxazole rings is 1. The minimum atomic E-state index is -0.351. The molecular formula is C65H62N5O2Pt-. The molecule has 0 atom stereocenters. The fraction of sp³-hybridized carbons (Fsp3) is 0.246. The normalized spacial score (nSPS) is 12.6. The number of phenols is 1. The van der Waals surface area contributed by atoms with Crippen molar-refractivity contribution in [3.63, 3.8) is 0 Å². The minimum Gasteiger partial charge on any atom is -0.507 e. The first kappa shape index (κ1) is 49.5. The van der Waals surface area contributed by atoms with Crippen LogP contribution >= 0.6 is 0 Å². The van der Waals surface area contributed by atoms with Crippen molar-refractivity contribution in [2.45, 2.75) is 105 Å². The van der Waals surface area contributed by atoms with Gasteiger partial charge in [-0.1, -0.05) is 161 Å². The van der Waals surface area contributed by atoms with Gasteiger partial charge in [0.05, 0.1) is 27.8 Å². The molecule has 7 nitrogen and oxygen atoms in total. The Kier molecular flexibility index (Phi) is 12.1. The quantitative estimate of drug-likeness (QED) is 0.168. The molecule has 0 aliphatic carbocycles. The van der Waals surface area contributed by atoms with E-state index in [0.717, 1.165) is 94.4 Å². The summed E-state index contributed by atoms with van der Waals surface area (Å²) < 4.78 is 10.9. The van der Waals surface area contributed by atoms with Crippen LogP contribution in [0.4, 0.5) is 0 Å². The van der Waals surface area contributed by atoms with E-state index in [4.69, 9.17) is 19.4 Å². The van der Waals surface area contributed by atoms with Gasteiger partial charge in [-0.25, -0.2) is 15.0 Å². The molecule has 0 fully saturated rings. The first-order chi connectivity index (χ1) is 34.1. The monoisotopic (exact) mass is 1140 g/mol. The molecule has 0 bridgehead atoms. The van der Waals surface area contributed by atoms with Crippen LogP contribution in [0.3, 0.4) is 0 Å². The Hall–Kier alpha value is -7.08. The summed E-state index contributed by atoms with van der Waals surface area (Å²) in [4.78, 5) is 15.8. The second kappa shape index (κ2) is 17.8. The molecule has 4 aromatic heterocycles. The third-order valence-corrected chi connectivity index (χ3v) is 14.2. The first-order valence-electron chi connectivity index (χ1n) is 25.1. The second-order valence-corrected chi connectivity index (χ2v) is 23.6. The molecule has 0 saturated carbocycles. The van der Waals surface area contributed by atoms with Gasteiger partial charge in [-0.3, -0.25) is 4.57 Å². The van der Waals surface area contributed by atoms with Crippen LogP contribution in [0.1, 0.15) is 105 Å². The van der Waals surface area contributed by atoms with Crippen LogP contribution in [0, 0.1) is 6.07 Å². The Bertz CT molecular complexity index is 3910. The standard InChI is InChI=1S/C65H62N5O2.Pt/c1-62(2,3)42-28-29-53(48(34-42)39-21-15-13-16-22-39)70-54-27-19-25-46(57(54)68-60(70)50-35-44(64(7,8)9)36-51(58(50)71)65(10,11)12)41-31-43(63(4,5)6)33-45(32-41)69-55-38-52-56(37-49(55)47-26-20-30-66-59(47)69)72-61(67-52)40-23-17-14-18-24-40;/h13-31,33-38,71H,1-12H3;/q-1;. The zero-order chi connectivity index (χ0) is 50.6. The van der Waals surface area contributed by atoms with Crippen LogP contribution in [-0.4, -0.2) is 29.2 Å². The smallest absolute Gasteiger partial charge is 0.227 e. The Morgan fingerprint density at radius 2 is 1.18 bits per heavy atom. The van der Waals surface area contributed by atoms with Gasteiger partial charge in [0.1, 0.15) is 22.7 Å². The number of aromatic hydroxyl groups is 1. The van der Waals surface area contributed by atoms with Crippen molar-refractivity contribution < 1.29 is 30.6 Å². The summed E-state index contributed by atoms with van der Waals surface area (Å²) in [5, 5.41) is 14.7. The third kappa shape index (κ3) is 8.80. The van der Waals surface area contributed by atoms with E-state index in [1.54, 1.807) is 0 Å². The number of aromatic nitrogens is 5. The van der Waals surface area contributed by atoms with Crippen LogP contribution in [-0.2, 0) is 42.7 Å². The van der Waals surface area contributed by atoms with E-state index in [1.807, 2.05) is 42.6 Å². The maximum atomic E-state index is 12.7. The van der Waals surface area contributed by atoms with Crippen molar-refractivity contribution in [2.24, 2.45) is 0 Å². The van der Waals surface area contributed by atoms with Crippen LogP contribution in [0.5, 0.6) is 5.75 Å². The molecule has 0 spiro atoms. The fourth-order valence-corrected chi connectivity index (χ4v) is 10.1. The molecule has 0 radical (unpaired) electrons. The molecule has 4 heterocycles. The van der Waals surface area contributed by atoms with Crippen molar-refractivity contribution in [3.05, 3.63) is 180 Å². The van der Waals surface area contributed by atoms with Gasteiger partial charge in [0.2, 0.25) is 5.89 Å². The van der Waals surface area contributed by atoms with E-state index in [1.165, 1.54) is 5.56 Å². The second-order valence-electron chi connectivity index (χ2n) is 23.6. The molecule has 0 saturated heterocycles. The van der Waals surface area contributed by atoms with Gasteiger partial charge < -0.3 is 14.1 Å². The van der Waals surface area contributed by atoms with E-state index in [0.29, 0.717) is 22.9 Å². The summed E-state index contributed by atoms with van der Waals surface area (Å²) >= 11 is 0. The van der Waals surface area contributed by atoms with E-state index in [2.05, 4.69) is 207 Å². The fourth-order valence-electron chi connectivity index (χ4n) is 10.1. The first-order valence-corrected chi connectivity index (χ1v) is 25.1. The summed E-state index contributed by atoms with van der Waals surface area (Å²) in [5.74, 6) is 1.48. The molecule has 73 heavy (non-hydrogen) atoms. The zero-order valence-electron chi connectivity index (χ0n) is 43.8. The van der Waals surface area contributed by atoms with Gasteiger partial charge in [0.15, 0.2) is 5.58 Å². The van der Waals surface area contributed by atoms with E-state index >= 15 is 0 Å².